The minimum Gasteiger partial charge on any atom is -0.492 e. The number of piperidine rings is 1. The molecule has 2 rings (SSSR count). The summed E-state index contributed by atoms with van der Waals surface area (Å²) in [6, 6.07) is 8.50. The zero-order chi connectivity index (χ0) is 12.8. The fourth-order valence-electron chi connectivity index (χ4n) is 2.37. The Morgan fingerprint density at radius 1 is 1.39 bits per heavy atom. The molecule has 1 aliphatic rings. The summed E-state index contributed by atoms with van der Waals surface area (Å²) in [6.07, 6.45) is 3.81. The summed E-state index contributed by atoms with van der Waals surface area (Å²) >= 11 is 9.45. The van der Waals surface area contributed by atoms with Gasteiger partial charge in [-0.3, -0.25) is 4.90 Å². The number of likely N-dealkylation sites (tertiary alicyclic amines) is 1. The van der Waals surface area contributed by atoms with Crippen LogP contribution in [-0.4, -0.2) is 36.5 Å². The number of benzene rings is 1. The van der Waals surface area contributed by atoms with E-state index in [1.54, 1.807) is 0 Å². The van der Waals surface area contributed by atoms with Gasteiger partial charge in [-0.25, -0.2) is 0 Å². The van der Waals surface area contributed by atoms with Crippen molar-refractivity contribution >= 4 is 27.5 Å². The molecular weight excluding hydrogens is 314 g/mol. The minimum atomic E-state index is 0.534. The molecule has 4 heteroatoms. The van der Waals surface area contributed by atoms with E-state index in [0.717, 1.165) is 35.8 Å². The van der Waals surface area contributed by atoms with Gasteiger partial charge >= 0.3 is 0 Å². The molecule has 0 aromatic heterocycles. The van der Waals surface area contributed by atoms with Crippen molar-refractivity contribution in [1.82, 2.24) is 4.90 Å². The van der Waals surface area contributed by atoms with Crippen molar-refractivity contribution in [3.8, 4) is 5.75 Å². The molecule has 1 aliphatic heterocycles. The summed E-state index contributed by atoms with van der Waals surface area (Å²) in [5.74, 6) is 1.65. The van der Waals surface area contributed by atoms with Crippen molar-refractivity contribution in [2.24, 2.45) is 0 Å². The van der Waals surface area contributed by atoms with Crippen molar-refractivity contribution in [1.29, 1.82) is 0 Å². The molecule has 1 atom stereocenters. The monoisotopic (exact) mass is 331 g/mol. The first-order valence-electron chi connectivity index (χ1n) is 6.48. The first-order valence-corrected chi connectivity index (χ1v) is 7.81. The molecule has 1 fully saturated rings. The zero-order valence-electron chi connectivity index (χ0n) is 10.4. The molecule has 0 radical (unpaired) electrons. The van der Waals surface area contributed by atoms with Crippen LogP contribution in [0.2, 0.25) is 0 Å². The molecule has 0 amide bonds. The van der Waals surface area contributed by atoms with Gasteiger partial charge in [-0.2, -0.15) is 0 Å². The van der Waals surface area contributed by atoms with Crippen molar-refractivity contribution in [3.05, 3.63) is 28.7 Å². The summed E-state index contributed by atoms with van der Waals surface area (Å²) in [6.45, 7) is 2.84. The number of nitrogens with zero attached hydrogens (tertiary/aromatic N) is 1. The number of ether oxygens (including phenoxy) is 1. The van der Waals surface area contributed by atoms with E-state index >= 15 is 0 Å². The second kappa shape index (κ2) is 7.37. The lowest BCUT2D eigenvalue weighted by Crippen LogP contribution is -2.42. The predicted octanol–water partition coefficient (Wildman–Crippen LogP) is 3.92. The summed E-state index contributed by atoms with van der Waals surface area (Å²) in [7, 11) is 0. The number of hydrogen-bond donors (Lipinski definition) is 0. The molecule has 1 aromatic rings. The van der Waals surface area contributed by atoms with Crippen molar-refractivity contribution < 1.29 is 4.74 Å². The third-order valence-electron chi connectivity index (χ3n) is 3.37. The third kappa shape index (κ3) is 4.15. The van der Waals surface area contributed by atoms with Gasteiger partial charge in [0, 0.05) is 22.9 Å². The second-order valence-corrected chi connectivity index (χ2v) is 5.87. The molecule has 1 aromatic carbocycles. The first kappa shape index (κ1) is 14.2. The summed E-state index contributed by atoms with van der Waals surface area (Å²) in [5, 5.41) is 0. The van der Waals surface area contributed by atoms with Crippen LogP contribution in [0.1, 0.15) is 19.3 Å². The van der Waals surface area contributed by atoms with Gasteiger partial charge in [0.05, 0.1) is 0 Å². The maximum atomic E-state index is 6.00. The quantitative estimate of drug-likeness (QED) is 0.758. The Morgan fingerprint density at radius 2 is 2.28 bits per heavy atom. The Labute approximate surface area is 122 Å². The van der Waals surface area contributed by atoms with Crippen molar-refractivity contribution in [3.63, 3.8) is 0 Å². The van der Waals surface area contributed by atoms with Crippen molar-refractivity contribution in [2.45, 2.75) is 25.3 Å². The molecule has 18 heavy (non-hydrogen) atoms. The third-order valence-corrected chi connectivity index (χ3v) is 4.22. The number of alkyl halides is 1. The van der Waals surface area contributed by atoms with Gasteiger partial charge in [-0.05, 0) is 37.6 Å². The van der Waals surface area contributed by atoms with Crippen molar-refractivity contribution in [2.75, 3.05) is 25.6 Å². The molecule has 0 N–H and O–H groups in total. The zero-order valence-corrected chi connectivity index (χ0v) is 12.8. The molecule has 100 valence electrons. The van der Waals surface area contributed by atoms with Gasteiger partial charge < -0.3 is 4.74 Å². The second-order valence-electron chi connectivity index (χ2n) is 4.65. The average molecular weight is 333 g/mol. The molecule has 0 bridgehead atoms. The molecule has 0 aliphatic carbocycles. The fraction of sp³-hybridized carbons (Fsp3) is 0.571. The lowest BCUT2D eigenvalue weighted by atomic mass is 10.0. The fourth-order valence-corrected chi connectivity index (χ4v) is 3.09. The Bertz CT molecular complexity index is 375. The summed E-state index contributed by atoms with van der Waals surface area (Å²) < 4.78 is 6.82. The van der Waals surface area contributed by atoms with E-state index in [-0.39, 0.29) is 0 Å². The van der Waals surface area contributed by atoms with E-state index in [2.05, 4.69) is 20.8 Å². The largest absolute Gasteiger partial charge is 0.492 e. The highest BCUT2D eigenvalue weighted by atomic mass is 79.9. The molecule has 0 saturated carbocycles. The molecule has 1 heterocycles. The Balaban J connectivity index is 1.77. The highest BCUT2D eigenvalue weighted by Gasteiger charge is 2.20. The van der Waals surface area contributed by atoms with Crippen LogP contribution in [0.4, 0.5) is 0 Å². The van der Waals surface area contributed by atoms with Crippen LogP contribution in [0.3, 0.4) is 0 Å². The van der Waals surface area contributed by atoms with E-state index in [9.17, 15) is 0 Å². The van der Waals surface area contributed by atoms with Gasteiger partial charge in [0.1, 0.15) is 12.4 Å². The minimum absolute atomic E-state index is 0.534. The lowest BCUT2D eigenvalue weighted by Gasteiger charge is -2.34. The topological polar surface area (TPSA) is 12.5 Å². The summed E-state index contributed by atoms with van der Waals surface area (Å²) in [4.78, 5) is 2.45. The molecule has 2 nitrogen and oxygen atoms in total. The van der Waals surface area contributed by atoms with E-state index in [1.807, 2.05) is 24.3 Å². The molecular formula is C14H19BrClNO. The molecule has 1 saturated heterocycles. The number of halogens is 2. The van der Waals surface area contributed by atoms with E-state index in [1.165, 1.54) is 19.3 Å². The van der Waals surface area contributed by atoms with Gasteiger partial charge in [0.15, 0.2) is 0 Å². The van der Waals surface area contributed by atoms with Crippen LogP contribution < -0.4 is 4.74 Å². The van der Waals surface area contributed by atoms with Gasteiger partial charge in [-0.15, -0.1) is 11.6 Å². The van der Waals surface area contributed by atoms with E-state index in [4.69, 9.17) is 16.3 Å². The maximum absolute atomic E-state index is 6.00. The number of hydrogen-bond acceptors (Lipinski definition) is 2. The Hall–Kier alpha value is -0.250. The van der Waals surface area contributed by atoms with Crippen LogP contribution >= 0.6 is 27.5 Å². The first-order chi connectivity index (χ1) is 8.79. The van der Waals surface area contributed by atoms with Crippen LogP contribution in [0.25, 0.3) is 0 Å². The summed E-state index contributed by atoms with van der Waals surface area (Å²) in [5.41, 5.74) is 0. The highest BCUT2D eigenvalue weighted by Crippen LogP contribution is 2.19. The maximum Gasteiger partial charge on any atom is 0.120 e. The normalized spacial score (nSPS) is 20.9. The lowest BCUT2D eigenvalue weighted by molar-refractivity contribution is 0.135. The Kier molecular flexibility index (Phi) is 5.80. The van der Waals surface area contributed by atoms with Gasteiger partial charge in [-0.1, -0.05) is 28.4 Å². The molecule has 0 spiro atoms. The van der Waals surface area contributed by atoms with Gasteiger partial charge in [0.25, 0.3) is 0 Å². The SMILES string of the molecule is ClCC1CCCCN1CCOc1cccc(Br)c1. The van der Waals surface area contributed by atoms with Crippen LogP contribution in [0, 0.1) is 0 Å². The standard InChI is InChI=1S/C14H19BrClNO/c15-12-4-3-6-14(10-12)18-9-8-17-7-2-1-5-13(17)11-16/h3-4,6,10,13H,1-2,5,7-9,11H2. The van der Waals surface area contributed by atoms with E-state index < -0.39 is 0 Å². The van der Waals surface area contributed by atoms with E-state index in [0.29, 0.717) is 6.04 Å². The van der Waals surface area contributed by atoms with Crippen LogP contribution in [0.5, 0.6) is 5.75 Å². The van der Waals surface area contributed by atoms with Crippen LogP contribution in [0.15, 0.2) is 28.7 Å². The average Bonchev–Trinajstić information content (AvgIpc) is 2.39. The predicted molar refractivity (Wildman–Crippen MR) is 79.6 cm³/mol. The molecule has 1 unspecified atom stereocenters. The number of rotatable bonds is 5. The highest BCUT2D eigenvalue weighted by molar-refractivity contribution is 9.10. The van der Waals surface area contributed by atoms with Crippen LogP contribution in [-0.2, 0) is 0 Å². The van der Waals surface area contributed by atoms with Gasteiger partial charge in [0.2, 0.25) is 0 Å². The smallest absolute Gasteiger partial charge is 0.120 e. The Morgan fingerprint density at radius 3 is 3.06 bits per heavy atom.